The fraction of sp³-hybridized carbons (Fsp3) is 0.821. The first-order valence-electron chi connectivity index (χ1n) is 19.8. The lowest BCUT2D eigenvalue weighted by atomic mass is 9.70. The summed E-state index contributed by atoms with van der Waals surface area (Å²) < 4.78 is 25.8. The van der Waals surface area contributed by atoms with E-state index in [1.807, 2.05) is 27.7 Å². The number of nitrogens with one attached hydrogen (secondary N) is 4. The summed E-state index contributed by atoms with van der Waals surface area (Å²) in [7, 11) is -2.03. The van der Waals surface area contributed by atoms with Crippen molar-refractivity contribution in [2.75, 3.05) is 32.9 Å². The molecule has 0 aromatic rings. The van der Waals surface area contributed by atoms with Gasteiger partial charge < -0.3 is 26.2 Å². The number of carbonyl (C=O) groups excluding carboxylic acids is 5. The van der Waals surface area contributed by atoms with Crippen LogP contribution < -0.4 is 21.3 Å². The number of hydrogen-bond acceptors (Lipinski definition) is 7. The zero-order chi connectivity index (χ0) is 38.9. The van der Waals surface area contributed by atoms with Gasteiger partial charge in [0.05, 0.1) is 12.3 Å². The Morgan fingerprint density at radius 2 is 1.60 bits per heavy atom. The first-order valence-corrected chi connectivity index (χ1v) is 21.7. The van der Waals surface area contributed by atoms with Crippen LogP contribution in [0.4, 0.5) is 4.79 Å². The molecular formula is C39H64N6O7S. The minimum Gasteiger partial charge on any atom is -0.346 e. The molecule has 0 aromatic heterocycles. The zero-order valence-electron chi connectivity index (χ0n) is 32.8. The number of sulfonamides is 1. The van der Waals surface area contributed by atoms with Crippen molar-refractivity contribution in [2.24, 2.45) is 34.0 Å². The second-order valence-electron chi connectivity index (χ2n) is 18.3. The third-order valence-electron chi connectivity index (χ3n) is 13.5. The molecule has 4 N–H and O–H groups in total. The highest BCUT2D eigenvalue weighted by molar-refractivity contribution is 7.88. The highest BCUT2D eigenvalue weighted by Crippen LogP contribution is 2.66. The van der Waals surface area contributed by atoms with E-state index in [2.05, 4.69) is 27.8 Å². The predicted octanol–water partition coefficient (Wildman–Crippen LogP) is 3.49. The molecule has 0 aromatic carbocycles. The second-order valence-corrected chi connectivity index (χ2v) is 20.4. The molecule has 4 aliphatic carbocycles. The van der Waals surface area contributed by atoms with Crippen LogP contribution in [0.15, 0.2) is 12.7 Å². The molecule has 1 spiro atoms. The molecule has 298 valence electrons. The Labute approximate surface area is 316 Å². The Morgan fingerprint density at radius 1 is 0.943 bits per heavy atom. The van der Waals surface area contributed by atoms with Crippen LogP contribution in [0.3, 0.4) is 0 Å². The smallest absolute Gasteiger partial charge is 0.315 e. The van der Waals surface area contributed by atoms with Crippen LogP contribution in [-0.2, 0) is 29.2 Å². The zero-order valence-corrected chi connectivity index (χ0v) is 33.6. The molecule has 0 bridgehead atoms. The number of fused-ring (bicyclic) bond motifs is 2. The number of Topliss-reactive ketones (excluding diaryl/α,β-unsaturated/α-hetero) is 1. The molecule has 4 saturated carbocycles. The van der Waals surface area contributed by atoms with Gasteiger partial charge in [0.15, 0.2) is 0 Å². The molecule has 14 heteroatoms. The van der Waals surface area contributed by atoms with Crippen LogP contribution >= 0.6 is 0 Å². The number of urea groups is 1. The summed E-state index contributed by atoms with van der Waals surface area (Å²) in [6.45, 7) is 12.0. The summed E-state index contributed by atoms with van der Waals surface area (Å²) in [6, 6.07) is -3.89. The molecule has 5 aliphatic rings. The lowest BCUT2D eigenvalue weighted by molar-refractivity contribution is -0.145. The predicted molar refractivity (Wildman–Crippen MR) is 203 cm³/mol. The number of hydrogen-bond donors (Lipinski definition) is 4. The largest absolute Gasteiger partial charge is 0.346 e. The van der Waals surface area contributed by atoms with Crippen molar-refractivity contribution in [1.29, 1.82) is 0 Å². The summed E-state index contributed by atoms with van der Waals surface area (Å²) in [5.41, 5.74) is -0.964. The molecule has 1 saturated heterocycles. The van der Waals surface area contributed by atoms with Gasteiger partial charge in [0, 0.05) is 32.7 Å². The van der Waals surface area contributed by atoms with Crippen molar-refractivity contribution in [1.82, 2.24) is 30.5 Å². The van der Waals surface area contributed by atoms with E-state index in [0.717, 1.165) is 83.3 Å². The van der Waals surface area contributed by atoms with Gasteiger partial charge in [-0.25, -0.2) is 17.5 Å². The van der Waals surface area contributed by atoms with E-state index in [4.69, 9.17) is 0 Å². The molecule has 53 heavy (non-hydrogen) atoms. The van der Waals surface area contributed by atoms with Gasteiger partial charge in [-0.15, -0.1) is 6.58 Å². The number of carbonyl (C=O) groups is 5. The van der Waals surface area contributed by atoms with Crippen LogP contribution in [0.2, 0.25) is 0 Å². The SMILES string of the molecule is C=CCNC(=O)C(=O)C(CC1CCC1)NC(=O)[C@@H]1[C@H]2CCC3(CC3)[C@H]2CN1C(=O)[C@@H](NC(=O)N[C@H](CN(C)S(C)(=O)=O)C(C)(C)C)C1(C)CCCCC1. The normalized spacial score (nSPS) is 26.5. The van der Waals surface area contributed by atoms with E-state index in [9.17, 15) is 27.6 Å². The fourth-order valence-electron chi connectivity index (χ4n) is 9.47. The fourth-order valence-corrected chi connectivity index (χ4v) is 9.89. The van der Waals surface area contributed by atoms with Crippen molar-refractivity contribution in [3.8, 4) is 0 Å². The summed E-state index contributed by atoms with van der Waals surface area (Å²) in [6.07, 6.45) is 14.1. The number of rotatable bonds is 15. The van der Waals surface area contributed by atoms with E-state index < -0.39 is 68.6 Å². The maximum atomic E-state index is 15.1. The maximum absolute atomic E-state index is 15.1. The molecular weight excluding hydrogens is 697 g/mol. The van der Waals surface area contributed by atoms with Crippen LogP contribution in [0.25, 0.3) is 0 Å². The van der Waals surface area contributed by atoms with Crippen LogP contribution in [0, 0.1) is 34.0 Å². The Kier molecular flexibility index (Phi) is 12.4. The van der Waals surface area contributed by atoms with Gasteiger partial charge in [-0.2, -0.15) is 0 Å². The van der Waals surface area contributed by atoms with Gasteiger partial charge in [0.25, 0.3) is 5.91 Å². The minimum atomic E-state index is -3.51. The molecule has 0 radical (unpaired) electrons. The molecule has 1 aliphatic heterocycles. The topological polar surface area (TPSA) is 174 Å². The Balaban J connectivity index is 1.42. The third-order valence-corrected chi connectivity index (χ3v) is 14.8. The average molecular weight is 761 g/mol. The molecule has 1 heterocycles. The number of nitrogens with zero attached hydrogens (tertiary/aromatic N) is 2. The first-order chi connectivity index (χ1) is 24.8. The third kappa shape index (κ3) is 9.28. The Bertz CT molecular complexity index is 1530. The van der Waals surface area contributed by atoms with Crippen molar-refractivity contribution in [3.05, 3.63) is 12.7 Å². The first kappa shape index (κ1) is 41.2. The molecule has 5 rings (SSSR count). The van der Waals surface area contributed by atoms with Gasteiger partial charge in [-0.05, 0) is 78.9 Å². The van der Waals surface area contributed by atoms with Gasteiger partial charge in [-0.3, -0.25) is 19.2 Å². The van der Waals surface area contributed by atoms with E-state index >= 15 is 4.79 Å². The lowest BCUT2D eigenvalue weighted by Gasteiger charge is -2.43. The Hall–Kier alpha value is -3.00. The number of amides is 5. The molecule has 5 fully saturated rings. The molecule has 1 unspecified atom stereocenters. The highest BCUT2D eigenvalue weighted by atomic mass is 32.2. The van der Waals surface area contributed by atoms with Crippen molar-refractivity contribution >= 4 is 39.6 Å². The summed E-state index contributed by atoms with van der Waals surface area (Å²) in [5.74, 6) is -1.87. The number of likely N-dealkylation sites (tertiary alicyclic amines) is 1. The molecule has 6 atom stereocenters. The van der Waals surface area contributed by atoms with E-state index in [0.29, 0.717) is 13.0 Å². The van der Waals surface area contributed by atoms with E-state index in [-0.39, 0.29) is 42.2 Å². The Morgan fingerprint density at radius 3 is 2.15 bits per heavy atom. The van der Waals surface area contributed by atoms with Crippen molar-refractivity contribution < 1.29 is 32.4 Å². The van der Waals surface area contributed by atoms with Gasteiger partial charge >= 0.3 is 6.03 Å². The average Bonchev–Trinajstić information content (AvgIpc) is 3.63. The molecule has 13 nitrogen and oxygen atoms in total. The number of ketones is 1. The molecule has 5 amide bonds. The number of likely N-dealkylation sites (N-methyl/N-ethyl adjacent to an activating group) is 1. The summed E-state index contributed by atoms with van der Waals surface area (Å²) in [5, 5.41) is 11.6. The monoisotopic (exact) mass is 760 g/mol. The van der Waals surface area contributed by atoms with E-state index in [1.54, 1.807) is 4.90 Å². The quantitative estimate of drug-likeness (QED) is 0.146. The van der Waals surface area contributed by atoms with Crippen LogP contribution in [0.5, 0.6) is 0 Å². The minimum absolute atomic E-state index is 0.0534. The van der Waals surface area contributed by atoms with Crippen molar-refractivity contribution in [2.45, 2.75) is 135 Å². The van der Waals surface area contributed by atoms with Crippen LogP contribution in [-0.4, -0.2) is 104 Å². The van der Waals surface area contributed by atoms with Crippen LogP contribution in [0.1, 0.15) is 111 Å². The standard InChI is InChI=1S/C39H64N6O7S/c1-8-21-40-34(48)31(46)28(22-25-13-12-14-25)41-33(47)30-26-15-18-39(19-20-39)27(26)23-45(30)35(49)32(38(5)16-10-9-11-17-38)43-36(50)42-29(37(2,3)4)24-44(6)53(7,51)52/h8,25-30,32H,1,9-24H2,2-7H3,(H,40,48)(H,41,47)(H2,42,43,50)/t26-,27-,28?,29+,30-,32+/m0/s1. The second kappa shape index (κ2) is 16.0. The van der Waals surface area contributed by atoms with Gasteiger partial charge in [0.1, 0.15) is 12.1 Å². The summed E-state index contributed by atoms with van der Waals surface area (Å²) in [4.78, 5) is 71.6. The lowest BCUT2D eigenvalue weighted by Crippen LogP contribution is -2.63. The van der Waals surface area contributed by atoms with Crippen molar-refractivity contribution in [3.63, 3.8) is 0 Å². The van der Waals surface area contributed by atoms with Gasteiger partial charge in [-0.1, -0.05) is 72.3 Å². The van der Waals surface area contributed by atoms with Gasteiger partial charge in [0.2, 0.25) is 27.6 Å². The highest BCUT2D eigenvalue weighted by Gasteiger charge is 2.64. The maximum Gasteiger partial charge on any atom is 0.315 e. The van der Waals surface area contributed by atoms with E-state index in [1.165, 1.54) is 17.4 Å². The summed E-state index contributed by atoms with van der Waals surface area (Å²) >= 11 is 0.